The van der Waals surface area contributed by atoms with E-state index in [1.54, 1.807) is 5.57 Å². The number of benzene rings is 1. The third-order valence-corrected chi connectivity index (χ3v) is 3.65. The van der Waals surface area contributed by atoms with Crippen molar-refractivity contribution in [3.63, 3.8) is 0 Å². The summed E-state index contributed by atoms with van der Waals surface area (Å²) in [4.78, 5) is 2.75. The van der Waals surface area contributed by atoms with Crippen LogP contribution in [0.4, 0.5) is 0 Å². The molecule has 1 aromatic carbocycles. The van der Waals surface area contributed by atoms with Gasteiger partial charge in [-0.05, 0) is 36.6 Å². The molecule has 0 bridgehead atoms. The molecule has 74 valence electrons. The van der Waals surface area contributed by atoms with E-state index in [4.69, 9.17) is 0 Å². The molecule has 0 radical (unpaired) electrons. The summed E-state index contributed by atoms with van der Waals surface area (Å²) in [5.74, 6) is 0. The van der Waals surface area contributed by atoms with Crippen LogP contribution < -0.4 is 0 Å². The van der Waals surface area contributed by atoms with Gasteiger partial charge in [-0.2, -0.15) is 0 Å². The SMILES string of the molecule is C(=C1CC1)c1ccc(-c2ccccc2)s1. The number of thiophene rings is 1. The van der Waals surface area contributed by atoms with E-state index in [-0.39, 0.29) is 0 Å². The van der Waals surface area contributed by atoms with Gasteiger partial charge in [-0.15, -0.1) is 11.3 Å². The summed E-state index contributed by atoms with van der Waals surface area (Å²) in [6.45, 7) is 0. The zero-order valence-corrected chi connectivity index (χ0v) is 9.26. The molecule has 0 amide bonds. The fraction of sp³-hybridized carbons (Fsp3) is 0.143. The minimum atomic E-state index is 1.30. The van der Waals surface area contributed by atoms with Gasteiger partial charge in [-0.3, -0.25) is 0 Å². The Labute approximate surface area is 93.9 Å². The molecule has 1 aliphatic carbocycles. The van der Waals surface area contributed by atoms with Crippen molar-refractivity contribution in [1.82, 2.24) is 0 Å². The lowest BCUT2D eigenvalue weighted by Crippen LogP contribution is -1.67. The highest BCUT2D eigenvalue weighted by Crippen LogP contribution is 2.34. The van der Waals surface area contributed by atoms with E-state index in [1.165, 1.54) is 28.2 Å². The van der Waals surface area contributed by atoms with Gasteiger partial charge in [0.25, 0.3) is 0 Å². The number of hydrogen-bond donors (Lipinski definition) is 0. The molecular weight excluding hydrogens is 200 g/mol. The Morgan fingerprint density at radius 2 is 1.73 bits per heavy atom. The number of hydrogen-bond acceptors (Lipinski definition) is 1. The summed E-state index contributed by atoms with van der Waals surface area (Å²) in [6, 6.07) is 15.0. The fourth-order valence-electron chi connectivity index (χ4n) is 1.61. The Balaban J connectivity index is 1.93. The van der Waals surface area contributed by atoms with E-state index in [0.29, 0.717) is 0 Å². The summed E-state index contributed by atoms with van der Waals surface area (Å²) in [5, 5.41) is 0. The number of rotatable bonds is 2. The van der Waals surface area contributed by atoms with Gasteiger partial charge in [-0.1, -0.05) is 35.9 Å². The van der Waals surface area contributed by atoms with Crippen molar-refractivity contribution in [2.45, 2.75) is 12.8 Å². The monoisotopic (exact) mass is 212 g/mol. The zero-order chi connectivity index (χ0) is 10.1. The molecule has 3 rings (SSSR count). The summed E-state index contributed by atoms with van der Waals surface area (Å²) in [5.41, 5.74) is 2.92. The van der Waals surface area contributed by atoms with E-state index < -0.39 is 0 Å². The van der Waals surface area contributed by atoms with Gasteiger partial charge >= 0.3 is 0 Å². The molecule has 1 heteroatoms. The highest BCUT2D eigenvalue weighted by Gasteiger charge is 2.11. The first-order chi connectivity index (χ1) is 7.42. The highest BCUT2D eigenvalue weighted by molar-refractivity contribution is 7.16. The van der Waals surface area contributed by atoms with E-state index in [9.17, 15) is 0 Å². The van der Waals surface area contributed by atoms with Crippen LogP contribution in [0.5, 0.6) is 0 Å². The molecule has 2 aromatic rings. The maximum Gasteiger partial charge on any atom is 0.0349 e. The van der Waals surface area contributed by atoms with E-state index in [0.717, 1.165) is 0 Å². The van der Waals surface area contributed by atoms with Crippen LogP contribution in [0, 0.1) is 0 Å². The highest BCUT2D eigenvalue weighted by atomic mass is 32.1. The predicted octanol–water partition coefficient (Wildman–Crippen LogP) is 4.59. The first-order valence-corrected chi connectivity index (χ1v) is 6.08. The Morgan fingerprint density at radius 3 is 2.47 bits per heavy atom. The molecule has 0 spiro atoms. The quantitative estimate of drug-likeness (QED) is 0.683. The maximum absolute atomic E-state index is 2.33. The minimum absolute atomic E-state index is 1.30. The molecule has 0 unspecified atom stereocenters. The Morgan fingerprint density at radius 1 is 0.933 bits per heavy atom. The fourth-order valence-corrected chi connectivity index (χ4v) is 2.61. The van der Waals surface area contributed by atoms with Crippen LogP contribution in [-0.4, -0.2) is 0 Å². The van der Waals surface area contributed by atoms with Crippen molar-refractivity contribution >= 4 is 17.4 Å². The van der Waals surface area contributed by atoms with Gasteiger partial charge in [0, 0.05) is 9.75 Å². The van der Waals surface area contributed by atoms with E-state index in [1.807, 2.05) is 11.3 Å². The van der Waals surface area contributed by atoms with Crippen molar-refractivity contribution in [2.75, 3.05) is 0 Å². The lowest BCUT2D eigenvalue weighted by atomic mass is 10.2. The van der Waals surface area contributed by atoms with Crippen molar-refractivity contribution < 1.29 is 0 Å². The smallest absolute Gasteiger partial charge is 0.0349 e. The Hall–Kier alpha value is -1.34. The lowest BCUT2D eigenvalue weighted by molar-refractivity contribution is 1.50. The second-order valence-corrected chi connectivity index (χ2v) is 4.99. The molecule has 1 saturated carbocycles. The van der Waals surface area contributed by atoms with Crippen molar-refractivity contribution in [2.24, 2.45) is 0 Å². The summed E-state index contributed by atoms with van der Waals surface area (Å²) in [7, 11) is 0. The molecule has 0 N–H and O–H groups in total. The lowest BCUT2D eigenvalue weighted by Gasteiger charge is -1.94. The van der Waals surface area contributed by atoms with Crippen LogP contribution in [-0.2, 0) is 0 Å². The molecule has 1 heterocycles. The molecule has 0 atom stereocenters. The summed E-state index contributed by atoms with van der Waals surface area (Å²) >= 11 is 1.88. The van der Waals surface area contributed by atoms with Gasteiger partial charge in [0.15, 0.2) is 0 Å². The summed E-state index contributed by atoms with van der Waals surface area (Å²) in [6.07, 6.45) is 4.94. The first kappa shape index (κ1) is 8.93. The van der Waals surface area contributed by atoms with Gasteiger partial charge in [0.05, 0.1) is 0 Å². The van der Waals surface area contributed by atoms with Crippen LogP contribution in [0.25, 0.3) is 16.5 Å². The normalized spacial score (nSPS) is 14.0. The van der Waals surface area contributed by atoms with E-state index >= 15 is 0 Å². The van der Waals surface area contributed by atoms with Gasteiger partial charge in [-0.25, -0.2) is 0 Å². The van der Waals surface area contributed by atoms with Crippen LogP contribution in [0.3, 0.4) is 0 Å². The third kappa shape index (κ3) is 2.02. The molecule has 0 nitrogen and oxygen atoms in total. The standard InChI is InChI=1S/C14H12S/c1-2-4-12(5-3-1)14-9-8-13(15-14)10-11-6-7-11/h1-5,8-10H,6-7H2. The second-order valence-electron chi connectivity index (χ2n) is 3.87. The Kier molecular flexibility index (Phi) is 2.18. The van der Waals surface area contributed by atoms with Crippen molar-refractivity contribution in [3.05, 3.63) is 52.9 Å². The molecule has 15 heavy (non-hydrogen) atoms. The van der Waals surface area contributed by atoms with Crippen LogP contribution >= 0.6 is 11.3 Å². The minimum Gasteiger partial charge on any atom is -0.136 e. The summed E-state index contributed by atoms with van der Waals surface area (Å²) < 4.78 is 0. The van der Waals surface area contributed by atoms with Gasteiger partial charge < -0.3 is 0 Å². The van der Waals surface area contributed by atoms with Gasteiger partial charge in [0.1, 0.15) is 0 Å². The predicted molar refractivity (Wildman–Crippen MR) is 67.0 cm³/mol. The molecular formula is C14H12S. The van der Waals surface area contributed by atoms with Gasteiger partial charge in [0.2, 0.25) is 0 Å². The second kappa shape index (κ2) is 3.67. The van der Waals surface area contributed by atoms with Crippen LogP contribution in [0.1, 0.15) is 17.7 Å². The van der Waals surface area contributed by atoms with E-state index in [2.05, 4.69) is 48.5 Å². The average molecular weight is 212 g/mol. The van der Waals surface area contributed by atoms with Crippen LogP contribution in [0.15, 0.2) is 48.0 Å². The largest absolute Gasteiger partial charge is 0.136 e. The van der Waals surface area contributed by atoms with Crippen LogP contribution in [0.2, 0.25) is 0 Å². The van der Waals surface area contributed by atoms with Crippen molar-refractivity contribution in [1.29, 1.82) is 0 Å². The topological polar surface area (TPSA) is 0 Å². The third-order valence-electron chi connectivity index (χ3n) is 2.57. The first-order valence-electron chi connectivity index (χ1n) is 5.26. The average Bonchev–Trinajstić information content (AvgIpc) is 2.96. The molecule has 1 fully saturated rings. The Bertz CT molecular complexity index is 485. The molecule has 0 saturated heterocycles. The number of allylic oxidation sites excluding steroid dienone is 1. The molecule has 1 aromatic heterocycles. The maximum atomic E-state index is 2.33. The zero-order valence-electron chi connectivity index (χ0n) is 8.44. The molecule has 0 aliphatic heterocycles. The van der Waals surface area contributed by atoms with Crippen molar-refractivity contribution in [3.8, 4) is 10.4 Å². The molecule has 1 aliphatic rings.